The van der Waals surface area contributed by atoms with Crippen LogP contribution in [0.1, 0.15) is 53.0 Å². The molecule has 2 amide bonds. The Labute approximate surface area is 179 Å². The van der Waals surface area contributed by atoms with E-state index in [4.69, 9.17) is 4.74 Å². The molecule has 0 bridgehead atoms. The van der Waals surface area contributed by atoms with Crippen molar-refractivity contribution in [3.63, 3.8) is 0 Å². The second kappa shape index (κ2) is 8.95. The van der Waals surface area contributed by atoms with E-state index in [-0.39, 0.29) is 29.6 Å². The number of hydrogen-bond acceptors (Lipinski definition) is 6. The van der Waals surface area contributed by atoms with Crippen molar-refractivity contribution >= 4 is 34.3 Å². The van der Waals surface area contributed by atoms with Crippen molar-refractivity contribution < 1.29 is 19.1 Å². The lowest BCUT2D eigenvalue weighted by atomic mass is 9.96. The zero-order chi connectivity index (χ0) is 21.1. The number of thiazole rings is 1. The standard InChI is InChI=1S/C22H25N3O4S/c1-2-29-21(28)15-9-6-12-25(13-15)20(27)16-10-11-17-18(16)23-22(30-17)24-19(26)14-7-4-3-5-8-14/h3-5,7-8,15-16H,2,6,9-13H2,1H3,(H,23,24,26). The fraction of sp³-hybridized carbons (Fsp3) is 0.455. The normalized spacial score (nSPS) is 20.5. The lowest BCUT2D eigenvalue weighted by Crippen LogP contribution is -2.44. The molecule has 1 aromatic carbocycles. The Morgan fingerprint density at radius 3 is 2.80 bits per heavy atom. The zero-order valence-corrected chi connectivity index (χ0v) is 17.7. The summed E-state index contributed by atoms with van der Waals surface area (Å²) in [7, 11) is 0. The fourth-order valence-electron chi connectivity index (χ4n) is 4.13. The minimum Gasteiger partial charge on any atom is -0.466 e. The van der Waals surface area contributed by atoms with Crippen LogP contribution in [-0.4, -0.2) is 47.4 Å². The number of nitrogens with zero attached hydrogens (tertiary/aromatic N) is 2. The van der Waals surface area contributed by atoms with E-state index in [1.54, 1.807) is 24.0 Å². The van der Waals surface area contributed by atoms with Gasteiger partial charge >= 0.3 is 5.97 Å². The summed E-state index contributed by atoms with van der Waals surface area (Å²) >= 11 is 1.44. The number of carbonyl (C=O) groups excluding carboxylic acids is 3. The van der Waals surface area contributed by atoms with Crippen LogP contribution in [-0.2, 0) is 20.7 Å². The monoisotopic (exact) mass is 427 g/mol. The first-order chi connectivity index (χ1) is 14.6. The van der Waals surface area contributed by atoms with Crippen LogP contribution >= 0.6 is 11.3 Å². The number of nitrogens with one attached hydrogen (secondary N) is 1. The predicted octanol–water partition coefficient (Wildman–Crippen LogP) is 3.23. The summed E-state index contributed by atoms with van der Waals surface area (Å²) in [5, 5.41) is 3.37. The molecule has 1 aliphatic heterocycles. The summed E-state index contributed by atoms with van der Waals surface area (Å²) in [6.07, 6.45) is 3.05. The summed E-state index contributed by atoms with van der Waals surface area (Å²) in [6.45, 7) is 3.21. The van der Waals surface area contributed by atoms with Crippen LogP contribution in [0.3, 0.4) is 0 Å². The first-order valence-corrected chi connectivity index (χ1v) is 11.2. The minimum atomic E-state index is -0.306. The Hall–Kier alpha value is -2.74. The predicted molar refractivity (Wildman–Crippen MR) is 114 cm³/mol. The van der Waals surface area contributed by atoms with Crippen molar-refractivity contribution in [2.75, 3.05) is 25.0 Å². The summed E-state index contributed by atoms with van der Waals surface area (Å²) in [4.78, 5) is 45.1. The molecule has 1 saturated heterocycles. The van der Waals surface area contributed by atoms with E-state index < -0.39 is 0 Å². The van der Waals surface area contributed by atoms with Crippen LogP contribution in [0.15, 0.2) is 30.3 Å². The maximum atomic E-state index is 13.2. The smallest absolute Gasteiger partial charge is 0.310 e. The quantitative estimate of drug-likeness (QED) is 0.740. The van der Waals surface area contributed by atoms with E-state index in [2.05, 4.69) is 10.3 Å². The molecule has 1 aliphatic carbocycles. The van der Waals surface area contributed by atoms with Crippen molar-refractivity contribution in [2.45, 2.75) is 38.5 Å². The van der Waals surface area contributed by atoms with Gasteiger partial charge in [0.05, 0.1) is 24.1 Å². The van der Waals surface area contributed by atoms with Gasteiger partial charge in [0.15, 0.2) is 5.13 Å². The van der Waals surface area contributed by atoms with Gasteiger partial charge in [-0.2, -0.15) is 0 Å². The van der Waals surface area contributed by atoms with E-state index in [1.165, 1.54) is 11.3 Å². The van der Waals surface area contributed by atoms with Gasteiger partial charge in [0, 0.05) is 23.5 Å². The van der Waals surface area contributed by atoms with Crippen LogP contribution in [0.25, 0.3) is 0 Å². The lowest BCUT2D eigenvalue weighted by Gasteiger charge is -2.33. The Kier molecular flexibility index (Phi) is 6.13. The highest BCUT2D eigenvalue weighted by Gasteiger charge is 2.38. The number of aromatic nitrogens is 1. The van der Waals surface area contributed by atoms with Crippen LogP contribution < -0.4 is 5.32 Å². The van der Waals surface area contributed by atoms with E-state index in [0.717, 1.165) is 36.3 Å². The van der Waals surface area contributed by atoms with Crippen LogP contribution in [0.4, 0.5) is 5.13 Å². The lowest BCUT2D eigenvalue weighted by molar-refractivity contribution is -0.151. The van der Waals surface area contributed by atoms with Crippen LogP contribution in [0.2, 0.25) is 0 Å². The number of ether oxygens (including phenoxy) is 1. The number of aryl methyl sites for hydroxylation is 1. The molecule has 0 saturated carbocycles. The molecule has 158 valence electrons. The van der Waals surface area contributed by atoms with Gasteiger partial charge in [-0.25, -0.2) is 4.98 Å². The molecule has 2 unspecified atom stereocenters. The fourth-order valence-corrected chi connectivity index (χ4v) is 5.16. The number of carbonyl (C=O) groups is 3. The molecule has 30 heavy (non-hydrogen) atoms. The average Bonchev–Trinajstić information content (AvgIpc) is 3.34. The van der Waals surface area contributed by atoms with Crippen LogP contribution in [0, 0.1) is 5.92 Å². The molecule has 1 N–H and O–H groups in total. The Morgan fingerprint density at radius 2 is 2.03 bits per heavy atom. The van der Waals surface area contributed by atoms with Gasteiger partial charge in [-0.1, -0.05) is 18.2 Å². The number of rotatable bonds is 5. The minimum absolute atomic E-state index is 0.0222. The maximum Gasteiger partial charge on any atom is 0.310 e. The second-order valence-electron chi connectivity index (χ2n) is 7.61. The first kappa shape index (κ1) is 20.5. The van der Waals surface area contributed by atoms with Gasteiger partial charge in [0.25, 0.3) is 5.91 Å². The molecule has 0 spiro atoms. The maximum absolute atomic E-state index is 13.2. The van der Waals surface area contributed by atoms with Gasteiger partial charge in [0.2, 0.25) is 5.91 Å². The molecule has 1 fully saturated rings. The molecular weight excluding hydrogens is 402 g/mol. The molecule has 2 heterocycles. The van der Waals surface area contributed by atoms with Crippen molar-refractivity contribution in [2.24, 2.45) is 5.92 Å². The third-order valence-electron chi connectivity index (χ3n) is 5.63. The van der Waals surface area contributed by atoms with Gasteiger partial charge < -0.3 is 9.64 Å². The van der Waals surface area contributed by atoms with Gasteiger partial charge in [0.1, 0.15) is 0 Å². The second-order valence-corrected chi connectivity index (χ2v) is 8.70. The molecule has 2 aromatic rings. The van der Waals surface area contributed by atoms with Crippen LogP contribution in [0.5, 0.6) is 0 Å². The summed E-state index contributed by atoms with van der Waals surface area (Å²) < 4.78 is 5.14. The molecule has 8 heteroatoms. The van der Waals surface area contributed by atoms with Crippen molar-refractivity contribution in [3.8, 4) is 0 Å². The zero-order valence-electron chi connectivity index (χ0n) is 16.9. The largest absolute Gasteiger partial charge is 0.466 e. The number of piperidine rings is 1. The number of fused-ring (bicyclic) bond motifs is 1. The number of esters is 1. The topological polar surface area (TPSA) is 88.6 Å². The molecule has 1 aromatic heterocycles. The average molecular weight is 428 g/mol. The highest BCUT2D eigenvalue weighted by atomic mass is 32.1. The number of hydrogen-bond donors (Lipinski definition) is 1. The van der Waals surface area contributed by atoms with Crippen molar-refractivity contribution in [1.82, 2.24) is 9.88 Å². The third kappa shape index (κ3) is 4.23. The van der Waals surface area contributed by atoms with E-state index in [0.29, 0.717) is 30.4 Å². The molecule has 7 nitrogen and oxygen atoms in total. The number of amides is 2. The third-order valence-corrected chi connectivity index (χ3v) is 6.67. The van der Waals surface area contributed by atoms with Gasteiger partial charge in [-0.05, 0) is 44.7 Å². The van der Waals surface area contributed by atoms with E-state index in [9.17, 15) is 14.4 Å². The number of anilines is 1. The van der Waals surface area contributed by atoms with Crippen molar-refractivity contribution in [3.05, 3.63) is 46.5 Å². The van der Waals surface area contributed by atoms with Crippen molar-refractivity contribution in [1.29, 1.82) is 0 Å². The number of likely N-dealkylation sites (tertiary alicyclic amines) is 1. The molecule has 0 radical (unpaired) electrons. The highest BCUT2D eigenvalue weighted by molar-refractivity contribution is 7.16. The molecular formula is C22H25N3O4S. The molecule has 4 rings (SSSR count). The summed E-state index contributed by atoms with van der Waals surface area (Å²) in [6, 6.07) is 8.98. The number of benzene rings is 1. The van der Waals surface area contributed by atoms with E-state index in [1.807, 2.05) is 18.2 Å². The highest BCUT2D eigenvalue weighted by Crippen LogP contribution is 2.40. The Balaban J connectivity index is 1.43. The Bertz CT molecular complexity index is 943. The summed E-state index contributed by atoms with van der Waals surface area (Å²) in [5.41, 5.74) is 1.34. The molecule has 2 aliphatic rings. The SMILES string of the molecule is CCOC(=O)C1CCCN(C(=O)C2CCc3sc(NC(=O)c4ccccc4)nc32)C1. The summed E-state index contributed by atoms with van der Waals surface area (Å²) in [5.74, 6) is -0.964. The van der Waals surface area contributed by atoms with E-state index >= 15 is 0 Å². The Morgan fingerprint density at radius 1 is 1.23 bits per heavy atom. The first-order valence-electron chi connectivity index (χ1n) is 10.4. The van der Waals surface area contributed by atoms with Gasteiger partial charge in [-0.15, -0.1) is 11.3 Å². The molecule has 2 atom stereocenters. The van der Waals surface area contributed by atoms with Gasteiger partial charge in [-0.3, -0.25) is 19.7 Å².